The Kier molecular flexibility index (Phi) is 5.58. The van der Waals surface area contributed by atoms with Crippen LogP contribution in [0.15, 0.2) is 4.99 Å². The molecule has 0 aromatic heterocycles. The van der Waals surface area contributed by atoms with Gasteiger partial charge in [-0.15, -0.1) is 0 Å². The summed E-state index contributed by atoms with van der Waals surface area (Å²) < 4.78 is 11.8. The molecule has 5 heteroatoms. The van der Waals surface area contributed by atoms with Gasteiger partial charge in [-0.1, -0.05) is 6.92 Å². The maximum Gasteiger partial charge on any atom is 0.193 e. The normalized spacial score (nSPS) is 33.8. The van der Waals surface area contributed by atoms with Gasteiger partial charge < -0.3 is 19.7 Å². The molecule has 0 bridgehead atoms. The van der Waals surface area contributed by atoms with Crippen LogP contribution in [0.25, 0.3) is 0 Å². The van der Waals surface area contributed by atoms with Gasteiger partial charge in [-0.3, -0.25) is 4.99 Å². The Balaban J connectivity index is 1.36. The Morgan fingerprint density at radius 3 is 2.64 bits per heavy atom. The van der Waals surface area contributed by atoms with Crippen molar-refractivity contribution < 1.29 is 9.47 Å². The molecule has 1 N–H and O–H groups in total. The zero-order chi connectivity index (χ0) is 15.4. The van der Waals surface area contributed by atoms with E-state index in [-0.39, 0.29) is 0 Å². The third-order valence-corrected chi connectivity index (χ3v) is 5.17. The molecule has 0 aromatic carbocycles. The first-order valence-electron chi connectivity index (χ1n) is 8.97. The van der Waals surface area contributed by atoms with Gasteiger partial charge in [-0.05, 0) is 44.4 Å². The number of aliphatic imine (C=N–C) groups is 1. The van der Waals surface area contributed by atoms with Crippen molar-refractivity contribution >= 4 is 5.96 Å². The Morgan fingerprint density at radius 1 is 1.27 bits per heavy atom. The Hall–Kier alpha value is -0.810. The van der Waals surface area contributed by atoms with Gasteiger partial charge in [0.1, 0.15) is 0 Å². The van der Waals surface area contributed by atoms with Crippen molar-refractivity contribution in [2.75, 3.05) is 33.4 Å². The first-order chi connectivity index (χ1) is 10.8. The van der Waals surface area contributed by atoms with Crippen LogP contribution in [0.2, 0.25) is 0 Å². The fraction of sp³-hybridized carbons (Fsp3) is 0.941. The molecule has 0 spiro atoms. The lowest BCUT2D eigenvalue weighted by atomic mass is 10.1. The van der Waals surface area contributed by atoms with Crippen LogP contribution in [0.3, 0.4) is 0 Å². The van der Waals surface area contributed by atoms with Gasteiger partial charge >= 0.3 is 0 Å². The molecule has 2 aliphatic heterocycles. The van der Waals surface area contributed by atoms with E-state index in [0.717, 1.165) is 57.4 Å². The molecule has 2 saturated heterocycles. The first-order valence-corrected chi connectivity index (χ1v) is 8.97. The van der Waals surface area contributed by atoms with Crippen LogP contribution in [0.5, 0.6) is 0 Å². The SMILES string of the molecule is CN=C(NC1CC1C)N1CCC(OCC2CCCCO2)CC1. The molecule has 0 aromatic rings. The molecule has 0 radical (unpaired) electrons. The first kappa shape index (κ1) is 16.1. The minimum atomic E-state index is 0.331. The molecule has 1 saturated carbocycles. The smallest absolute Gasteiger partial charge is 0.193 e. The maximum absolute atomic E-state index is 6.08. The average Bonchev–Trinajstić information content (AvgIpc) is 3.27. The summed E-state index contributed by atoms with van der Waals surface area (Å²) in [5, 5.41) is 3.57. The largest absolute Gasteiger partial charge is 0.376 e. The molecule has 22 heavy (non-hydrogen) atoms. The molecular formula is C17H31N3O2. The van der Waals surface area contributed by atoms with Gasteiger partial charge in [0.25, 0.3) is 0 Å². The Morgan fingerprint density at radius 2 is 2.05 bits per heavy atom. The zero-order valence-electron chi connectivity index (χ0n) is 14.1. The highest BCUT2D eigenvalue weighted by Crippen LogP contribution is 2.29. The van der Waals surface area contributed by atoms with Gasteiger partial charge in [0.05, 0.1) is 18.8 Å². The number of guanidine groups is 1. The number of nitrogens with one attached hydrogen (secondary N) is 1. The van der Waals surface area contributed by atoms with Gasteiger partial charge in [0.15, 0.2) is 5.96 Å². The summed E-state index contributed by atoms with van der Waals surface area (Å²) in [7, 11) is 1.89. The van der Waals surface area contributed by atoms with Crippen LogP contribution in [0.1, 0.15) is 45.4 Å². The van der Waals surface area contributed by atoms with Crippen molar-refractivity contribution in [3.8, 4) is 0 Å². The van der Waals surface area contributed by atoms with Crippen molar-refractivity contribution in [2.45, 2.75) is 63.7 Å². The van der Waals surface area contributed by atoms with Crippen molar-refractivity contribution in [3.63, 3.8) is 0 Å². The number of likely N-dealkylation sites (tertiary alicyclic amines) is 1. The fourth-order valence-corrected chi connectivity index (χ4v) is 3.40. The molecule has 0 amide bonds. The summed E-state index contributed by atoms with van der Waals surface area (Å²) >= 11 is 0. The van der Waals surface area contributed by atoms with E-state index in [2.05, 4.69) is 22.1 Å². The lowest BCUT2D eigenvalue weighted by molar-refractivity contribution is -0.0721. The molecule has 3 unspecified atom stereocenters. The van der Waals surface area contributed by atoms with Crippen molar-refractivity contribution in [3.05, 3.63) is 0 Å². The highest BCUT2D eigenvalue weighted by Gasteiger charge is 2.34. The van der Waals surface area contributed by atoms with E-state index in [1.165, 1.54) is 19.3 Å². The number of hydrogen-bond donors (Lipinski definition) is 1. The van der Waals surface area contributed by atoms with Crippen LogP contribution >= 0.6 is 0 Å². The number of piperidine rings is 1. The van der Waals surface area contributed by atoms with Gasteiger partial charge in [-0.2, -0.15) is 0 Å². The quantitative estimate of drug-likeness (QED) is 0.637. The third kappa shape index (κ3) is 4.35. The van der Waals surface area contributed by atoms with Crippen LogP contribution in [0, 0.1) is 5.92 Å². The number of rotatable bonds is 4. The standard InChI is InChI=1S/C17H31N3O2/c1-13-11-16(13)19-17(18-2)20-8-6-14(7-9-20)22-12-15-5-3-4-10-21-15/h13-16H,3-12H2,1-2H3,(H,18,19). The van der Waals surface area contributed by atoms with Crippen LogP contribution < -0.4 is 5.32 Å². The van der Waals surface area contributed by atoms with Gasteiger partial charge in [0, 0.05) is 32.8 Å². The molecule has 3 fully saturated rings. The molecule has 1 aliphatic carbocycles. The van der Waals surface area contributed by atoms with Gasteiger partial charge in [-0.25, -0.2) is 0 Å². The summed E-state index contributed by atoms with van der Waals surface area (Å²) in [5.74, 6) is 1.87. The van der Waals surface area contributed by atoms with E-state index in [4.69, 9.17) is 9.47 Å². The zero-order valence-corrected chi connectivity index (χ0v) is 14.1. The monoisotopic (exact) mass is 309 g/mol. The average molecular weight is 309 g/mol. The van der Waals surface area contributed by atoms with Crippen molar-refractivity contribution in [1.29, 1.82) is 0 Å². The Labute approximate surface area is 134 Å². The molecule has 2 heterocycles. The topological polar surface area (TPSA) is 46.1 Å². The van der Waals surface area contributed by atoms with E-state index in [9.17, 15) is 0 Å². The molecule has 3 aliphatic rings. The lowest BCUT2D eigenvalue weighted by Gasteiger charge is -2.35. The minimum absolute atomic E-state index is 0.331. The summed E-state index contributed by atoms with van der Waals surface area (Å²) in [5.41, 5.74) is 0. The summed E-state index contributed by atoms with van der Waals surface area (Å²) in [6.45, 7) is 6.05. The molecular weight excluding hydrogens is 278 g/mol. The second-order valence-electron chi connectivity index (χ2n) is 7.02. The van der Waals surface area contributed by atoms with Crippen molar-refractivity contribution in [2.24, 2.45) is 10.9 Å². The van der Waals surface area contributed by atoms with Crippen LogP contribution in [0.4, 0.5) is 0 Å². The van der Waals surface area contributed by atoms with E-state index < -0.39 is 0 Å². The second-order valence-corrected chi connectivity index (χ2v) is 7.02. The predicted octanol–water partition coefficient (Wildman–Crippen LogP) is 2.02. The highest BCUT2D eigenvalue weighted by atomic mass is 16.5. The molecule has 3 rings (SSSR count). The van der Waals surface area contributed by atoms with Crippen molar-refractivity contribution in [1.82, 2.24) is 10.2 Å². The predicted molar refractivity (Wildman–Crippen MR) is 88.2 cm³/mol. The summed E-state index contributed by atoms with van der Waals surface area (Å²) in [4.78, 5) is 6.82. The van der Waals surface area contributed by atoms with E-state index >= 15 is 0 Å². The van der Waals surface area contributed by atoms with E-state index in [0.29, 0.717) is 18.2 Å². The Bertz CT molecular complexity index is 374. The van der Waals surface area contributed by atoms with E-state index in [1.54, 1.807) is 0 Å². The number of hydrogen-bond acceptors (Lipinski definition) is 3. The third-order valence-electron chi connectivity index (χ3n) is 5.17. The summed E-state index contributed by atoms with van der Waals surface area (Å²) in [6, 6.07) is 0.635. The van der Waals surface area contributed by atoms with Gasteiger partial charge in [0.2, 0.25) is 0 Å². The van der Waals surface area contributed by atoms with Crippen LogP contribution in [-0.4, -0.2) is 62.5 Å². The summed E-state index contributed by atoms with van der Waals surface area (Å²) in [6.07, 6.45) is 7.84. The molecule has 3 atom stereocenters. The lowest BCUT2D eigenvalue weighted by Crippen LogP contribution is -2.48. The maximum atomic E-state index is 6.08. The number of nitrogens with zero attached hydrogens (tertiary/aromatic N) is 2. The van der Waals surface area contributed by atoms with Crippen LogP contribution in [-0.2, 0) is 9.47 Å². The minimum Gasteiger partial charge on any atom is -0.376 e. The van der Waals surface area contributed by atoms with E-state index in [1.807, 2.05) is 7.05 Å². The molecule has 126 valence electrons. The number of ether oxygens (including phenoxy) is 2. The molecule has 5 nitrogen and oxygen atoms in total. The fourth-order valence-electron chi connectivity index (χ4n) is 3.40. The highest BCUT2D eigenvalue weighted by molar-refractivity contribution is 5.80. The second kappa shape index (κ2) is 7.64.